The molecule has 2 aromatic heterocycles. The summed E-state index contributed by atoms with van der Waals surface area (Å²) in [6.45, 7) is 1.53. The van der Waals surface area contributed by atoms with Crippen molar-refractivity contribution < 1.29 is 18.1 Å². The van der Waals surface area contributed by atoms with Crippen molar-refractivity contribution in [3.8, 4) is 11.6 Å². The SMILES string of the molecule is O=C(CN1CC(c2nc(-c3ccco3)no2)C1)Nc1cccc(F)c1. The van der Waals surface area contributed by atoms with Gasteiger partial charge in [-0.25, -0.2) is 4.39 Å². The molecule has 1 saturated heterocycles. The first-order chi connectivity index (χ1) is 12.2. The summed E-state index contributed by atoms with van der Waals surface area (Å²) in [5.74, 6) is 1.03. The van der Waals surface area contributed by atoms with E-state index >= 15 is 0 Å². The van der Waals surface area contributed by atoms with Gasteiger partial charge in [-0.15, -0.1) is 0 Å². The Bertz CT molecular complexity index is 872. The molecule has 3 heterocycles. The minimum atomic E-state index is -0.384. The molecule has 1 amide bonds. The van der Waals surface area contributed by atoms with Gasteiger partial charge in [0.2, 0.25) is 17.6 Å². The molecular weight excluding hydrogens is 327 g/mol. The maximum atomic E-state index is 13.1. The number of carbonyl (C=O) groups is 1. The summed E-state index contributed by atoms with van der Waals surface area (Å²) < 4.78 is 23.6. The molecule has 1 N–H and O–H groups in total. The van der Waals surface area contributed by atoms with E-state index in [-0.39, 0.29) is 24.2 Å². The third kappa shape index (κ3) is 3.43. The van der Waals surface area contributed by atoms with Gasteiger partial charge in [-0.2, -0.15) is 4.98 Å². The van der Waals surface area contributed by atoms with Crippen LogP contribution in [0.5, 0.6) is 0 Å². The van der Waals surface area contributed by atoms with E-state index in [0.29, 0.717) is 36.3 Å². The maximum Gasteiger partial charge on any atom is 0.238 e. The average molecular weight is 342 g/mol. The molecule has 0 bridgehead atoms. The van der Waals surface area contributed by atoms with Gasteiger partial charge in [-0.05, 0) is 30.3 Å². The zero-order chi connectivity index (χ0) is 17.2. The number of anilines is 1. The van der Waals surface area contributed by atoms with E-state index in [0.717, 1.165) is 0 Å². The van der Waals surface area contributed by atoms with Gasteiger partial charge in [0, 0.05) is 18.8 Å². The number of halogens is 1. The van der Waals surface area contributed by atoms with Crippen LogP contribution in [0.1, 0.15) is 11.8 Å². The highest BCUT2D eigenvalue weighted by atomic mass is 19.1. The van der Waals surface area contributed by atoms with Crippen molar-refractivity contribution in [1.82, 2.24) is 15.0 Å². The van der Waals surface area contributed by atoms with Gasteiger partial charge in [0.15, 0.2) is 5.76 Å². The van der Waals surface area contributed by atoms with Crippen LogP contribution in [0, 0.1) is 5.82 Å². The number of hydrogen-bond acceptors (Lipinski definition) is 6. The van der Waals surface area contributed by atoms with Gasteiger partial charge >= 0.3 is 0 Å². The Labute approximate surface area is 142 Å². The van der Waals surface area contributed by atoms with E-state index in [1.165, 1.54) is 12.1 Å². The Morgan fingerprint density at radius 3 is 2.96 bits per heavy atom. The zero-order valence-electron chi connectivity index (χ0n) is 13.2. The lowest BCUT2D eigenvalue weighted by atomic mass is 10.0. The first-order valence-electron chi connectivity index (χ1n) is 7.82. The van der Waals surface area contributed by atoms with E-state index in [1.807, 2.05) is 4.90 Å². The van der Waals surface area contributed by atoms with Crippen LogP contribution in [0.4, 0.5) is 10.1 Å². The number of aromatic nitrogens is 2. The normalized spacial score (nSPS) is 15.1. The highest BCUT2D eigenvalue weighted by molar-refractivity contribution is 5.92. The quantitative estimate of drug-likeness (QED) is 0.767. The molecule has 3 aromatic rings. The number of rotatable bonds is 5. The molecule has 4 rings (SSSR count). The summed E-state index contributed by atoms with van der Waals surface area (Å²) in [5, 5.41) is 6.57. The number of hydrogen-bond donors (Lipinski definition) is 1. The van der Waals surface area contributed by atoms with Crippen molar-refractivity contribution in [3.63, 3.8) is 0 Å². The second-order valence-electron chi connectivity index (χ2n) is 5.88. The first kappa shape index (κ1) is 15.5. The summed E-state index contributed by atoms with van der Waals surface area (Å²) in [6, 6.07) is 9.33. The molecule has 128 valence electrons. The maximum absolute atomic E-state index is 13.1. The lowest BCUT2D eigenvalue weighted by Crippen LogP contribution is -2.48. The molecule has 1 aromatic carbocycles. The average Bonchev–Trinajstić information content (AvgIpc) is 3.21. The lowest BCUT2D eigenvalue weighted by molar-refractivity contribution is -0.118. The smallest absolute Gasteiger partial charge is 0.238 e. The molecule has 0 unspecified atom stereocenters. The zero-order valence-corrected chi connectivity index (χ0v) is 13.2. The highest BCUT2D eigenvalue weighted by Crippen LogP contribution is 2.27. The van der Waals surface area contributed by atoms with Crippen molar-refractivity contribution >= 4 is 11.6 Å². The van der Waals surface area contributed by atoms with Crippen molar-refractivity contribution in [3.05, 3.63) is 54.4 Å². The number of likely N-dealkylation sites (tertiary alicyclic amines) is 1. The Morgan fingerprint density at radius 1 is 1.32 bits per heavy atom. The fourth-order valence-electron chi connectivity index (χ4n) is 2.73. The minimum Gasteiger partial charge on any atom is -0.461 e. The summed E-state index contributed by atoms with van der Waals surface area (Å²) in [7, 11) is 0. The van der Waals surface area contributed by atoms with Gasteiger partial charge in [0.25, 0.3) is 0 Å². The van der Waals surface area contributed by atoms with E-state index in [1.54, 1.807) is 30.5 Å². The summed E-state index contributed by atoms with van der Waals surface area (Å²) in [6.07, 6.45) is 1.55. The van der Waals surface area contributed by atoms with E-state index in [4.69, 9.17) is 8.94 Å². The first-order valence-corrected chi connectivity index (χ1v) is 7.82. The number of benzene rings is 1. The van der Waals surface area contributed by atoms with Crippen LogP contribution in [-0.4, -0.2) is 40.6 Å². The van der Waals surface area contributed by atoms with Crippen LogP contribution in [-0.2, 0) is 4.79 Å². The van der Waals surface area contributed by atoms with Gasteiger partial charge in [-0.1, -0.05) is 11.2 Å². The molecule has 1 aliphatic heterocycles. The summed E-state index contributed by atoms with van der Waals surface area (Å²) in [4.78, 5) is 18.3. The molecule has 8 heteroatoms. The Hall–Kier alpha value is -3.00. The standard InChI is InChI=1S/C17H15FN4O3/c18-12-3-1-4-13(7-12)19-15(23)10-22-8-11(9-22)17-20-16(21-25-17)14-5-2-6-24-14/h1-7,11H,8-10H2,(H,19,23). The van der Waals surface area contributed by atoms with Crippen LogP contribution in [0.2, 0.25) is 0 Å². The van der Waals surface area contributed by atoms with Gasteiger partial charge in [-0.3, -0.25) is 9.69 Å². The Kier molecular flexibility index (Phi) is 4.02. The van der Waals surface area contributed by atoms with E-state index in [9.17, 15) is 9.18 Å². The van der Waals surface area contributed by atoms with E-state index < -0.39 is 0 Å². The molecule has 0 aliphatic carbocycles. The number of carbonyl (C=O) groups excluding carboxylic acids is 1. The van der Waals surface area contributed by atoms with Crippen LogP contribution >= 0.6 is 0 Å². The van der Waals surface area contributed by atoms with Crippen molar-refractivity contribution in [2.45, 2.75) is 5.92 Å². The van der Waals surface area contributed by atoms with Gasteiger partial charge < -0.3 is 14.3 Å². The molecular formula is C17H15FN4O3. The number of nitrogens with zero attached hydrogens (tertiary/aromatic N) is 3. The molecule has 25 heavy (non-hydrogen) atoms. The van der Waals surface area contributed by atoms with Crippen LogP contribution in [0.15, 0.2) is 51.6 Å². The van der Waals surface area contributed by atoms with Gasteiger partial charge in [0.1, 0.15) is 5.82 Å². The predicted molar refractivity (Wildman–Crippen MR) is 86.2 cm³/mol. The third-order valence-electron chi connectivity index (χ3n) is 3.97. The second-order valence-corrected chi connectivity index (χ2v) is 5.88. The topological polar surface area (TPSA) is 84.4 Å². The molecule has 0 saturated carbocycles. The Balaban J connectivity index is 1.28. The van der Waals surface area contributed by atoms with Crippen LogP contribution in [0.3, 0.4) is 0 Å². The monoisotopic (exact) mass is 342 g/mol. The second kappa shape index (κ2) is 6.48. The summed E-state index contributed by atoms with van der Waals surface area (Å²) >= 11 is 0. The Morgan fingerprint density at radius 2 is 2.20 bits per heavy atom. The summed E-state index contributed by atoms with van der Waals surface area (Å²) in [5.41, 5.74) is 0.446. The number of furan rings is 1. The van der Waals surface area contributed by atoms with Crippen molar-refractivity contribution in [2.24, 2.45) is 0 Å². The largest absolute Gasteiger partial charge is 0.461 e. The number of amides is 1. The predicted octanol–water partition coefficient (Wildman–Crippen LogP) is 2.51. The molecule has 0 spiro atoms. The van der Waals surface area contributed by atoms with Crippen molar-refractivity contribution in [1.29, 1.82) is 0 Å². The minimum absolute atomic E-state index is 0.0955. The molecule has 7 nitrogen and oxygen atoms in total. The third-order valence-corrected chi connectivity index (χ3v) is 3.97. The fraction of sp³-hybridized carbons (Fsp3) is 0.235. The van der Waals surface area contributed by atoms with Gasteiger partial charge in [0.05, 0.1) is 18.7 Å². The molecule has 0 radical (unpaired) electrons. The molecule has 1 fully saturated rings. The lowest BCUT2D eigenvalue weighted by Gasteiger charge is -2.36. The van der Waals surface area contributed by atoms with Crippen molar-refractivity contribution in [2.75, 3.05) is 25.0 Å². The molecule has 0 atom stereocenters. The number of nitrogens with one attached hydrogen (secondary N) is 1. The van der Waals surface area contributed by atoms with Crippen LogP contribution in [0.25, 0.3) is 11.6 Å². The van der Waals surface area contributed by atoms with E-state index in [2.05, 4.69) is 15.5 Å². The molecule has 1 aliphatic rings. The highest BCUT2D eigenvalue weighted by Gasteiger charge is 2.33. The van der Waals surface area contributed by atoms with Crippen LogP contribution < -0.4 is 5.32 Å². The fourth-order valence-corrected chi connectivity index (χ4v) is 2.73.